The zero-order chi connectivity index (χ0) is 14.6. The molecule has 2 rings (SSSR count). The van der Waals surface area contributed by atoms with Crippen LogP contribution in [-0.2, 0) is 6.54 Å². The van der Waals surface area contributed by atoms with Crippen LogP contribution >= 0.6 is 0 Å². The van der Waals surface area contributed by atoms with Crippen LogP contribution in [0, 0.1) is 6.92 Å². The molecule has 108 valence electrons. The van der Waals surface area contributed by atoms with E-state index in [9.17, 15) is 13.2 Å². The number of para-hydroxylation sites is 2. The first-order chi connectivity index (χ1) is 9.44. The van der Waals surface area contributed by atoms with Gasteiger partial charge in [0.05, 0.1) is 17.9 Å². The molecule has 0 bridgehead atoms. The first-order valence-corrected chi connectivity index (χ1v) is 5.89. The zero-order valence-corrected chi connectivity index (χ0v) is 10.7. The summed E-state index contributed by atoms with van der Waals surface area (Å²) in [6.07, 6.45) is -4.37. The summed E-state index contributed by atoms with van der Waals surface area (Å²) in [6, 6.07) is 8.16. The molecule has 0 amide bonds. The normalized spacial score (nSPS) is 11.4. The molecule has 0 saturated heterocycles. The van der Waals surface area contributed by atoms with E-state index in [1.54, 1.807) is 31.2 Å². The second-order valence-electron chi connectivity index (χ2n) is 4.19. The van der Waals surface area contributed by atoms with E-state index in [0.717, 1.165) is 5.69 Å². The van der Waals surface area contributed by atoms with Gasteiger partial charge in [-0.2, -0.15) is 13.2 Å². The lowest BCUT2D eigenvalue weighted by Crippen LogP contribution is -2.19. The van der Waals surface area contributed by atoms with Gasteiger partial charge in [-0.1, -0.05) is 17.3 Å². The van der Waals surface area contributed by atoms with Gasteiger partial charge in [-0.3, -0.25) is 0 Å². The van der Waals surface area contributed by atoms with Crippen molar-refractivity contribution in [2.45, 2.75) is 19.6 Å². The zero-order valence-electron chi connectivity index (χ0n) is 10.7. The maximum Gasteiger partial charge on any atom is 0.422 e. The third kappa shape index (κ3) is 4.18. The van der Waals surface area contributed by atoms with Crippen molar-refractivity contribution >= 4 is 5.69 Å². The van der Waals surface area contributed by atoms with Crippen LogP contribution in [0.25, 0.3) is 0 Å². The number of hydrogen-bond acceptors (Lipinski definition) is 4. The minimum atomic E-state index is -4.37. The molecule has 1 aromatic heterocycles. The van der Waals surface area contributed by atoms with Crippen molar-refractivity contribution in [3.05, 3.63) is 41.8 Å². The Hall–Kier alpha value is -2.18. The molecule has 4 nitrogen and oxygen atoms in total. The number of aromatic nitrogens is 1. The van der Waals surface area contributed by atoms with Crippen molar-refractivity contribution in [3.63, 3.8) is 0 Å². The molecule has 2 aromatic rings. The molecule has 0 spiro atoms. The van der Waals surface area contributed by atoms with Crippen LogP contribution in [0.4, 0.5) is 18.9 Å². The van der Waals surface area contributed by atoms with Gasteiger partial charge in [0.15, 0.2) is 12.4 Å². The van der Waals surface area contributed by atoms with Gasteiger partial charge < -0.3 is 14.6 Å². The molecule has 0 fully saturated rings. The Morgan fingerprint density at radius 3 is 2.70 bits per heavy atom. The van der Waals surface area contributed by atoms with Gasteiger partial charge in [-0.15, -0.1) is 0 Å². The minimum Gasteiger partial charge on any atom is -0.482 e. The predicted molar refractivity (Wildman–Crippen MR) is 66.6 cm³/mol. The molecule has 1 N–H and O–H groups in total. The lowest BCUT2D eigenvalue weighted by Gasteiger charge is -2.13. The summed E-state index contributed by atoms with van der Waals surface area (Å²) in [6.45, 7) is 0.772. The molecule has 1 aromatic carbocycles. The standard InChI is InChI=1S/C13H13F3N2O2/c1-9-6-10(20-18-9)7-17-11-4-2-3-5-12(11)19-8-13(14,15)16/h2-6,17H,7-8H2,1H3. The highest BCUT2D eigenvalue weighted by molar-refractivity contribution is 5.56. The number of hydrogen-bond donors (Lipinski definition) is 1. The quantitative estimate of drug-likeness (QED) is 0.913. The highest BCUT2D eigenvalue weighted by Gasteiger charge is 2.28. The van der Waals surface area contributed by atoms with Crippen molar-refractivity contribution in [2.24, 2.45) is 0 Å². The molecule has 0 aliphatic rings. The molecule has 20 heavy (non-hydrogen) atoms. The van der Waals surface area contributed by atoms with Crippen LogP contribution in [-0.4, -0.2) is 17.9 Å². The van der Waals surface area contributed by atoms with E-state index >= 15 is 0 Å². The number of aryl methyl sites for hydroxylation is 1. The van der Waals surface area contributed by atoms with E-state index in [0.29, 0.717) is 18.0 Å². The highest BCUT2D eigenvalue weighted by Crippen LogP contribution is 2.26. The molecule has 7 heteroatoms. The SMILES string of the molecule is Cc1cc(CNc2ccccc2OCC(F)(F)F)on1. The molecule has 0 aliphatic heterocycles. The number of nitrogens with one attached hydrogen (secondary N) is 1. The smallest absolute Gasteiger partial charge is 0.422 e. The monoisotopic (exact) mass is 286 g/mol. The van der Waals surface area contributed by atoms with Crippen molar-refractivity contribution < 1.29 is 22.4 Å². The molecule has 0 aliphatic carbocycles. The third-order valence-electron chi connectivity index (χ3n) is 2.41. The molecule has 0 radical (unpaired) electrons. The van der Waals surface area contributed by atoms with Crippen molar-refractivity contribution in [1.82, 2.24) is 5.16 Å². The summed E-state index contributed by atoms with van der Waals surface area (Å²) in [5.41, 5.74) is 1.20. The fraction of sp³-hybridized carbons (Fsp3) is 0.308. The van der Waals surface area contributed by atoms with Crippen molar-refractivity contribution in [2.75, 3.05) is 11.9 Å². The Balaban J connectivity index is 2.00. The fourth-order valence-electron chi connectivity index (χ4n) is 1.58. The van der Waals surface area contributed by atoms with Crippen LogP contribution < -0.4 is 10.1 Å². The molecule has 0 unspecified atom stereocenters. The van der Waals surface area contributed by atoms with Gasteiger partial charge in [0.1, 0.15) is 5.75 Å². The van der Waals surface area contributed by atoms with E-state index in [2.05, 4.69) is 10.5 Å². The largest absolute Gasteiger partial charge is 0.482 e. The summed E-state index contributed by atoms with van der Waals surface area (Å²) in [4.78, 5) is 0. The van der Waals surface area contributed by atoms with E-state index in [1.807, 2.05) is 0 Å². The number of anilines is 1. The summed E-state index contributed by atoms with van der Waals surface area (Å²) < 4.78 is 46.2. The van der Waals surface area contributed by atoms with E-state index in [1.165, 1.54) is 6.07 Å². The predicted octanol–water partition coefficient (Wildman–Crippen LogP) is 3.54. The molecule has 0 atom stereocenters. The number of alkyl halides is 3. The first-order valence-electron chi connectivity index (χ1n) is 5.89. The van der Waals surface area contributed by atoms with E-state index < -0.39 is 12.8 Å². The van der Waals surface area contributed by atoms with Gasteiger partial charge in [-0.25, -0.2) is 0 Å². The number of rotatable bonds is 5. The van der Waals surface area contributed by atoms with Crippen LogP contribution in [0.2, 0.25) is 0 Å². The van der Waals surface area contributed by atoms with Gasteiger partial charge in [0.2, 0.25) is 0 Å². The lowest BCUT2D eigenvalue weighted by atomic mass is 10.3. The summed E-state index contributed by atoms with van der Waals surface area (Å²) >= 11 is 0. The minimum absolute atomic E-state index is 0.140. The number of benzene rings is 1. The van der Waals surface area contributed by atoms with Crippen LogP contribution in [0.15, 0.2) is 34.9 Å². The second kappa shape index (κ2) is 5.85. The highest BCUT2D eigenvalue weighted by atomic mass is 19.4. The average Bonchev–Trinajstić information content (AvgIpc) is 2.80. The van der Waals surface area contributed by atoms with Gasteiger partial charge >= 0.3 is 6.18 Å². The molecular formula is C13H13F3N2O2. The average molecular weight is 286 g/mol. The van der Waals surface area contributed by atoms with Gasteiger partial charge in [0, 0.05) is 6.07 Å². The number of nitrogens with zero attached hydrogens (tertiary/aromatic N) is 1. The number of ether oxygens (including phenoxy) is 1. The summed E-state index contributed by atoms with van der Waals surface area (Å²) in [5, 5.41) is 6.68. The van der Waals surface area contributed by atoms with Gasteiger partial charge in [-0.05, 0) is 19.1 Å². The van der Waals surface area contributed by atoms with Crippen LogP contribution in [0.3, 0.4) is 0 Å². The molecular weight excluding hydrogens is 273 g/mol. The van der Waals surface area contributed by atoms with Crippen molar-refractivity contribution in [1.29, 1.82) is 0 Å². The third-order valence-corrected chi connectivity index (χ3v) is 2.41. The fourth-order valence-corrected chi connectivity index (χ4v) is 1.58. The lowest BCUT2D eigenvalue weighted by molar-refractivity contribution is -0.153. The molecule has 0 saturated carbocycles. The Kier molecular flexibility index (Phi) is 4.16. The van der Waals surface area contributed by atoms with E-state index in [-0.39, 0.29) is 5.75 Å². The van der Waals surface area contributed by atoms with Gasteiger partial charge in [0.25, 0.3) is 0 Å². The Morgan fingerprint density at radius 1 is 1.30 bits per heavy atom. The van der Waals surface area contributed by atoms with Crippen LogP contribution in [0.5, 0.6) is 5.75 Å². The maximum absolute atomic E-state index is 12.2. The summed E-state index contributed by atoms with van der Waals surface area (Å²) in [7, 11) is 0. The van der Waals surface area contributed by atoms with Crippen molar-refractivity contribution in [3.8, 4) is 5.75 Å². The number of halogens is 3. The summed E-state index contributed by atoms with van der Waals surface area (Å²) in [5.74, 6) is 0.731. The topological polar surface area (TPSA) is 47.3 Å². The first kappa shape index (κ1) is 14.2. The maximum atomic E-state index is 12.2. The van der Waals surface area contributed by atoms with E-state index in [4.69, 9.17) is 9.26 Å². The molecule has 1 heterocycles. The van der Waals surface area contributed by atoms with Crippen LogP contribution in [0.1, 0.15) is 11.5 Å². The Bertz CT molecular complexity index is 567. The Labute approximate surface area is 113 Å². The Morgan fingerprint density at radius 2 is 2.05 bits per heavy atom. The second-order valence-corrected chi connectivity index (χ2v) is 4.19.